The number of hydrogen-bond donors (Lipinski definition) is 2. The summed E-state index contributed by atoms with van der Waals surface area (Å²) in [5, 5.41) is 13.7. The van der Waals surface area contributed by atoms with Crippen molar-refractivity contribution in [1.29, 1.82) is 0 Å². The highest BCUT2D eigenvalue weighted by Gasteiger charge is 2.12. The number of aromatic carboxylic acids is 1. The van der Waals surface area contributed by atoms with E-state index < -0.39 is 5.97 Å². The molecule has 0 fully saturated rings. The van der Waals surface area contributed by atoms with Crippen molar-refractivity contribution in [3.05, 3.63) is 91.5 Å². The van der Waals surface area contributed by atoms with Crippen LogP contribution in [0.4, 0.5) is 0 Å². The number of methoxy groups -OCH3 is 1. The zero-order valence-electron chi connectivity index (χ0n) is 16.8. The Morgan fingerprint density at radius 2 is 1.88 bits per heavy atom. The Kier molecular flexibility index (Phi) is 8.07. The van der Waals surface area contributed by atoms with E-state index in [1.54, 1.807) is 48.5 Å². The summed E-state index contributed by atoms with van der Waals surface area (Å²) in [6.45, 7) is 0.179. The molecule has 0 bridgehead atoms. The standard InChI is InChI=1S/C23H18ClIN2O5/c1-31-20-11-15(12-26-27-22(28)16-5-7-18(24)8-6-16)10-19(25)21(20)32-13-14-3-2-4-17(9-14)23(29)30/h2-12H,13H2,1H3,(H,27,28)(H,29,30)/b26-12-. The number of halogens is 2. The molecule has 0 aliphatic rings. The van der Waals surface area contributed by atoms with E-state index in [0.717, 1.165) is 9.13 Å². The molecule has 3 aromatic rings. The molecule has 0 unspecified atom stereocenters. The van der Waals surface area contributed by atoms with Crippen LogP contribution in [0.1, 0.15) is 31.8 Å². The van der Waals surface area contributed by atoms with Gasteiger partial charge in [-0.15, -0.1) is 0 Å². The average molecular weight is 565 g/mol. The van der Waals surface area contributed by atoms with Crippen molar-refractivity contribution in [2.45, 2.75) is 6.61 Å². The van der Waals surface area contributed by atoms with Gasteiger partial charge in [0.05, 0.1) is 22.5 Å². The molecule has 32 heavy (non-hydrogen) atoms. The Morgan fingerprint density at radius 3 is 2.56 bits per heavy atom. The summed E-state index contributed by atoms with van der Waals surface area (Å²) in [5.74, 6) is -0.345. The molecule has 9 heteroatoms. The van der Waals surface area contributed by atoms with Gasteiger partial charge in [-0.3, -0.25) is 4.79 Å². The molecule has 1 amide bonds. The van der Waals surface area contributed by atoms with Crippen LogP contribution >= 0.6 is 34.2 Å². The number of carbonyl (C=O) groups is 2. The van der Waals surface area contributed by atoms with Crippen molar-refractivity contribution in [2.75, 3.05) is 7.11 Å². The molecule has 0 atom stereocenters. The van der Waals surface area contributed by atoms with Gasteiger partial charge in [0, 0.05) is 10.6 Å². The molecule has 0 aliphatic heterocycles. The molecule has 0 aromatic heterocycles. The van der Waals surface area contributed by atoms with E-state index in [0.29, 0.717) is 27.6 Å². The van der Waals surface area contributed by atoms with Crippen LogP contribution in [0, 0.1) is 3.57 Å². The van der Waals surface area contributed by atoms with Gasteiger partial charge >= 0.3 is 5.97 Å². The van der Waals surface area contributed by atoms with Gasteiger partial charge in [0.1, 0.15) is 6.61 Å². The van der Waals surface area contributed by atoms with Gasteiger partial charge in [-0.1, -0.05) is 23.7 Å². The third-order valence-electron chi connectivity index (χ3n) is 4.30. The number of rotatable bonds is 8. The van der Waals surface area contributed by atoms with Gasteiger partial charge < -0.3 is 14.6 Å². The van der Waals surface area contributed by atoms with Gasteiger partial charge in [-0.25, -0.2) is 10.2 Å². The van der Waals surface area contributed by atoms with Crippen molar-refractivity contribution in [3.63, 3.8) is 0 Å². The quantitative estimate of drug-likeness (QED) is 0.228. The SMILES string of the molecule is COc1cc(/C=N\NC(=O)c2ccc(Cl)cc2)cc(I)c1OCc1cccc(C(=O)O)c1. The highest BCUT2D eigenvalue weighted by molar-refractivity contribution is 14.1. The fourth-order valence-electron chi connectivity index (χ4n) is 2.74. The Bertz CT molecular complexity index is 1170. The van der Waals surface area contributed by atoms with Crippen molar-refractivity contribution in [3.8, 4) is 11.5 Å². The molecule has 7 nitrogen and oxygen atoms in total. The van der Waals surface area contributed by atoms with E-state index in [-0.39, 0.29) is 18.1 Å². The number of hydrogen-bond acceptors (Lipinski definition) is 5. The molecule has 0 saturated carbocycles. The molecule has 3 aromatic carbocycles. The summed E-state index contributed by atoms with van der Waals surface area (Å²) in [6, 6.07) is 16.6. The maximum Gasteiger partial charge on any atom is 0.335 e. The molecular weight excluding hydrogens is 547 g/mol. The van der Waals surface area contributed by atoms with Crippen LogP contribution in [0.5, 0.6) is 11.5 Å². The molecule has 0 aliphatic carbocycles. The highest BCUT2D eigenvalue weighted by Crippen LogP contribution is 2.34. The number of carbonyl (C=O) groups excluding carboxylic acids is 1. The normalized spacial score (nSPS) is 10.7. The summed E-state index contributed by atoms with van der Waals surface area (Å²) in [7, 11) is 1.52. The lowest BCUT2D eigenvalue weighted by Crippen LogP contribution is -2.17. The highest BCUT2D eigenvalue weighted by atomic mass is 127. The lowest BCUT2D eigenvalue weighted by Gasteiger charge is -2.14. The Morgan fingerprint density at radius 1 is 1.12 bits per heavy atom. The maximum atomic E-state index is 12.1. The monoisotopic (exact) mass is 564 g/mol. The van der Waals surface area contributed by atoms with Crippen molar-refractivity contribution in [1.82, 2.24) is 5.43 Å². The second-order valence-corrected chi connectivity index (χ2v) is 8.13. The van der Waals surface area contributed by atoms with Gasteiger partial charge in [0.25, 0.3) is 5.91 Å². The number of amides is 1. The number of nitrogens with one attached hydrogen (secondary N) is 1. The summed E-state index contributed by atoms with van der Waals surface area (Å²) in [5.41, 5.74) is 4.52. The molecule has 0 saturated heterocycles. The first-order valence-electron chi connectivity index (χ1n) is 9.29. The van der Waals surface area contributed by atoms with E-state index in [9.17, 15) is 9.59 Å². The molecule has 2 N–H and O–H groups in total. The molecule has 0 spiro atoms. The zero-order valence-corrected chi connectivity index (χ0v) is 19.8. The fourth-order valence-corrected chi connectivity index (χ4v) is 3.64. The molecular formula is C23H18ClIN2O5. The first-order chi connectivity index (χ1) is 15.4. The van der Waals surface area contributed by atoms with Crippen molar-refractivity contribution >= 4 is 52.3 Å². The largest absolute Gasteiger partial charge is 0.493 e. The lowest BCUT2D eigenvalue weighted by molar-refractivity contribution is 0.0696. The van der Waals surface area contributed by atoms with Gasteiger partial charge in [-0.2, -0.15) is 5.10 Å². The predicted molar refractivity (Wildman–Crippen MR) is 130 cm³/mol. The molecule has 164 valence electrons. The smallest absolute Gasteiger partial charge is 0.335 e. The van der Waals surface area contributed by atoms with E-state index in [1.807, 2.05) is 6.07 Å². The van der Waals surface area contributed by atoms with Crippen LogP contribution in [0.15, 0.2) is 65.8 Å². The summed E-state index contributed by atoms with van der Waals surface area (Å²) >= 11 is 7.94. The molecule has 0 radical (unpaired) electrons. The van der Waals surface area contributed by atoms with Crippen LogP contribution in [0.25, 0.3) is 0 Å². The number of nitrogens with zero attached hydrogens (tertiary/aromatic N) is 1. The Hall–Kier alpha value is -3.11. The Balaban J connectivity index is 1.69. The molecule has 3 rings (SSSR count). The first kappa shape index (κ1) is 23.6. The fraction of sp³-hybridized carbons (Fsp3) is 0.0870. The third-order valence-corrected chi connectivity index (χ3v) is 5.35. The van der Waals surface area contributed by atoms with Crippen LogP contribution in [-0.2, 0) is 6.61 Å². The summed E-state index contributed by atoms with van der Waals surface area (Å²) in [6.07, 6.45) is 1.50. The maximum absolute atomic E-state index is 12.1. The third kappa shape index (κ3) is 6.21. The number of hydrazone groups is 1. The summed E-state index contributed by atoms with van der Waals surface area (Å²) < 4.78 is 12.1. The van der Waals surface area contributed by atoms with Crippen LogP contribution in [0.3, 0.4) is 0 Å². The van der Waals surface area contributed by atoms with Crippen LogP contribution in [-0.4, -0.2) is 30.3 Å². The zero-order chi connectivity index (χ0) is 23.1. The Labute approximate surface area is 203 Å². The van der Waals surface area contributed by atoms with E-state index in [2.05, 4.69) is 33.1 Å². The second-order valence-electron chi connectivity index (χ2n) is 6.53. The van der Waals surface area contributed by atoms with E-state index in [1.165, 1.54) is 19.4 Å². The van der Waals surface area contributed by atoms with E-state index >= 15 is 0 Å². The van der Waals surface area contributed by atoms with Gasteiger partial charge in [-0.05, 0) is 82.2 Å². The predicted octanol–water partition coefficient (Wildman–Crippen LogP) is 4.99. The number of benzene rings is 3. The minimum absolute atomic E-state index is 0.179. The van der Waals surface area contributed by atoms with Crippen molar-refractivity contribution < 1.29 is 24.2 Å². The summed E-state index contributed by atoms with van der Waals surface area (Å²) in [4.78, 5) is 23.3. The van der Waals surface area contributed by atoms with Gasteiger partial charge in [0.15, 0.2) is 11.5 Å². The van der Waals surface area contributed by atoms with E-state index in [4.69, 9.17) is 26.2 Å². The lowest BCUT2D eigenvalue weighted by atomic mass is 10.1. The first-order valence-corrected chi connectivity index (χ1v) is 10.7. The van der Waals surface area contributed by atoms with Crippen molar-refractivity contribution in [2.24, 2.45) is 5.10 Å². The molecule has 0 heterocycles. The topological polar surface area (TPSA) is 97.2 Å². The minimum atomic E-state index is -0.995. The number of carboxylic acid groups (broad SMARTS) is 1. The minimum Gasteiger partial charge on any atom is -0.493 e. The van der Waals surface area contributed by atoms with Gasteiger partial charge in [0.2, 0.25) is 0 Å². The number of ether oxygens (including phenoxy) is 2. The second kappa shape index (κ2) is 11.0. The van der Waals surface area contributed by atoms with Crippen LogP contribution in [0.2, 0.25) is 5.02 Å². The number of carboxylic acids is 1. The van der Waals surface area contributed by atoms with Crippen LogP contribution < -0.4 is 14.9 Å². The average Bonchev–Trinajstić information content (AvgIpc) is 2.78.